The van der Waals surface area contributed by atoms with Crippen LogP contribution in [0.15, 0.2) is 47.6 Å². The molecule has 1 amide bonds. The Balaban J connectivity index is 2.17. The molecule has 2 N–H and O–H groups in total. The van der Waals surface area contributed by atoms with Crippen LogP contribution in [0.5, 0.6) is 0 Å². The lowest BCUT2D eigenvalue weighted by Crippen LogP contribution is -2.19. The van der Waals surface area contributed by atoms with Crippen LogP contribution in [0.2, 0.25) is 0 Å². The van der Waals surface area contributed by atoms with Crippen LogP contribution in [-0.4, -0.2) is 23.1 Å². The molecular formula is C18H20N4O3. The number of nitro groups is 1. The van der Waals surface area contributed by atoms with Gasteiger partial charge in [-0.1, -0.05) is 29.8 Å². The van der Waals surface area contributed by atoms with E-state index in [9.17, 15) is 14.9 Å². The minimum atomic E-state index is -0.518. The van der Waals surface area contributed by atoms with Gasteiger partial charge in [-0.05, 0) is 38.5 Å². The SMILES string of the molecule is CCNc1ccc(C(=O)N/N=C(/C)c2ccc(C)cc2)cc1[N+](=O)[O-]. The summed E-state index contributed by atoms with van der Waals surface area (Å²) in [5.41, 5.74) is 5.51. The van der Waals surface area contributed by atoms with Crippen LogP contribution >= 0.6 is 0 Å². The average molecular weight is 340 g/mol. The van der Waals surface area contributed by atoms with E-state index in [4.69, 9.17) is 0 Å². The minimum absolute atomic E-state index is 0.145. The highest BCUT2D eigenvalue weighted by atomic mass is 16.6. The molecule has 2 rings (SSSR count). The Hall–Kier alpha value is -3.22. The van der Waals surface area contributed by atoms with Crippen molar-refractivity contribution in [1.82, 2.24) is 5.43 Å². The van der Waals surface area contributed by atoms with Crippen molar-refractivity contribution in [1.29, 1.82) is 0 Å². The third-order valence-electron chi connectivity index (χ3n) is 3.62. The Morgan fingerprint density at radius 1 is 1.16 bits per heavy atom. The van der Waals surface area contributed by atoms with Gasteiger partial charge in [0.05, 0.1) is 10.6 Å². The summed E-state index contributed by atoms with van der Waals surface area (Å²) in [6, 6.07) is 12.0. The van der Waals surface area contributed by atoms with Gasteiger partial charge in [0.2, 0.25) is 0 Å². The van der Waals surface area contributed by atoms with Gasteiger partial charge in [-0.3, -0.25) is 14.9 Å². The Morgan fingerprint density at radius 2 is 1.80 bits per heavy atom. The monoisotopic (exact) mass is 340 g/mol. The summed E-state index contributed by atoms with van der Waals surface area (Å²) in [7, 11) is 0. The first-order valence-electron chi connectivity index (χ1n) is 7.86. The lowest BCUT2D eigenvalue weighted by Gasteiger charge is -2.07. The number of amides is 1. The first-order valence-corrected chi connectivity index (χ1v) is 7.86. The third-order valence-corrected chi connectivity index (χ3v) is 3.62. The number of nitro benzene ring substituents is 1. The van der Waals surface area contributed by atoms with E-state index in [0.717, 1.165) is 11.1 Å². The highest BCUT2D eigenvalue weighted by Gasteiger charge is 2.17. The largest absolute Gasteiger partial charge is 0.380 e. The van der Waals surface area contributed by atoms with Crippen molar-refractivity contribution in [3.05, 3.63) is 69.3 Å². The van der Waals surface area contributed by atoms with Gasteiger partial charge in [-0.2, -0.15) is 5.10 Å². The van der Waals surface area contributed by atoms with Gasteiger partial charge in [0, 0.05) is 18.2 Å². The molecule has 0 radical (unpaired) electrons. The molecule has 0 saturated carbocycles. The van der Waals surface area contributed by atoms with Gasteiger partial charge in [0.1, 0.15) is 5.69 Å². The normalized spacial score (nSPS) is 11.1. The summed E-state index contributed by atoms with van der Waals surface area (Å²) < 4.78 is 0. The maximum absolute atomic E-state index is 12.2. The molecular weight excluding hydrogens is 320 g/mol. The first kappa shape index (κ1) is 18.1. The number of hydrogen-bond donors (Lipinski definition) is 2. The molecule has 0 saturated heterocycles. The highest BCUT2D eigenvalue weighted by Crippen LogP contribution is 2.25. The van der Waals surface area contributed by atoms with Crippen molar-refractivity contribution in [2.24, 2.45) is 5.10 Å². The summed E-state index contributed by atoms with van der Waals surface area (Å²) in [5.74, 6) is -0.502. The number of hydrazone groups is 1. The van der Waals surface area contributed by atoms with Crippen molar-refractivity contribution in [2.45, 2.75) is 20.8 Å². The molecule has 0 bridgehead atoms. The molecule has 2 aromatic rings. The molecule has 0 aliphatic rings. The average Bonchev–Trinajstić information content (AvgIpc) is 2.60. The smallest absolute Gasteiger partial charge is 0.293 e. The Labute approximate surface area is 145 Å². The number of rotatable bonds is 6. The summed E-state index contributed by atoms with van der Waals surface area (Å²) in [4.78, 5) is 22.9. The topological polar surface area (TPSA) is 96.6 Å². The quantitative estimate of drug-likeness (QED) is 0.478. The third kappa shape index (κ3) is 4.63. The molecule has 0 aromatic heterocycles. The van der Waals surface area contributed by atoms with Gasteiger partial charge < -0.3 is 5.32 Å². The molecule has 25 heavy (non-hydrogen) atoms. The zero-order valence-electron chi connectivity index (χ0n) is 14.4. The zero-order valence-corrected chi connectivity index (χ0v) is 14.4. The molecule has 2 aromatic carbocycles. The van der Waals surface area contributed by atoms with E-state index in [1.54, 1.807) is 6.92 Å². The minimum Gasteiger partial charge on any atom is -0.380 e. The van der Waals surface area contributed by atoms with E-state index < -0.39 is 10.8 Å². The van der Waals surface area contributed by atoms with Crippen molar-refractivity contribution in [3.63, 3.8) is 0 Å². The van der Waals surface area contributed by atoms with E-state index in [2.05, 4.69) is 15.8 Å². The number of carbonyl (C=O) groups excluding carboxylic acids is 1. The lowest BCUT2D eigenvalue weighted by atomic mass is 10.1. The molecule has 7 nitrogen and oxygen atoms in total. The van der Waals surface area contributed by atoms with Crippen LogP contribution < -0.4 is 10.7 Å². The number of carbonyl (C=O) groups is 1. The molecule has 0 heterocycles. The number of hydrogen-bond acceptors (Lipinski definition) is 5. The van der Waals surface area contributed by atoms with Crippen molar-refractivity contribution >= 4 is 23.0 Å². The van der Waals surface area contributed by atoms with Gasteiger partial charge >= 0.3 is 0 Å². The fourth-order valence-electron chi connectivity index (χ4n) is 2.22. The van der Waals surface area contributed by atoms with Gasteiger partial charge in [0.25, 0.3) is 11.6 Å². The Bertz CT molecular complexity index is 814. The second kappa shape index (κ2) is 8.05. The van der Waals surface area contributed by atoms with Crippen LogP contribution in [0.25, 0.3) is 0 Å². The van der Waals surface area contributed by atoms with Gasteiger partial charge in [0.15, 0.2) is 0 Å². The zero-order chi connectivity index (χ0) is 18.4. The molecule has 0 aliphatic carbocycles. The van der Waals surface area contributed by atoms with Crippen LogP contribution in [0.3, 0.4) is 0 Å². The number of benzene rings is 2. The molecule has 0 fully saturated rings. The molecule has 130 valence electrons. The Kier molecular flexibility index (Phi) is 5.84. The van der Waals surface area contributed by atoms with Crippen LogP contribution in [0.1, 0.15) is 35.3 Å². The molecule has 0 aliphatic heterocycles. The van der Waals surface area contributed by atoms with Gasteiger partial charge in [-0.25, -0.2) is 5.43 Å². The lowest BCUT2D eigenvalue weighted by molar-refractivity contribution is -0.384. The predicted octanol–water partition coefficient (Wildman–Crippen LogP) is 3.49. The van der Waals surface area contributed by atoms with Crippen LogP contribution in [0, 0.1) is 17.0 Å². The van der Waals surface area contributed by atoms with Crippen molar-refractivity contribution in [3.8, 4) is 0 Å². The van der Waals surface area contributed by atoms with E-state index in [0.29, 0.717) is 17.9 Å². The number of anilines is 1. The molecule has 0 unspecified atom stereocenters. The second-order valence-corrected chi connectivity index (χ2v) is 5.52. The molecule has 0 spiro atoms. The summed E-state index contributed by atoms with van der Waals surface area (Å²) >= 11 is 0. The highest BCUT2D eigenvalue weighted by molar-refractivity contribution is 6.01. The fourth-order valence-corrected chi connectivity index (χ4v) is 2.22. The van der Waals surface area contributed by atoms with Crippen LogP contribution in [-0.2, 0) is 0 Å². The molecule has 7 heteroatoms. The van der Waals surface area contributed by atoms with Gasteiger partial charge in [-0.15, -0.1) is 0 Å². The van der Waals surface area contributed by atoms with Crippen molar-refractivity contribution < 1.29 is 9.72 Å². The van der Waals surface area contributed by atoms with Crippen molar-refractivity contribution in [2.75, 3.05) is 11.9 Å². The van der Waals surface area contributed by atoms with E-state index >= 15 is 0 Å². The van der Waals surface area contributed by atoms with E-state index in [1.165, 1.54) is 18.2 Å². The van der Waals surface area contributed by atoms with E-state index in [1.807, 2.05) is 38.1 Å². The fraction of sp³-hybridized carbons (Fsp3) is 0.222. The number of nitrogens with zero attached hydrogens (tertiary/aromatic N) is 2. The first-order chi connectivity index (χ1) is 11.9. The summed E-state index contributed by atoms with van der Waals surface area (Å²) in [6.07, 6.45) is 0. The summed E-state index contributed by atoms with van der Waals surface area (Å²) in [6.45, 7) is 6.16. The Morgan fingerprint density at radius 3 is 2.40 bits per heavy atom. The number of aryl methyl sites for hydroxylation is 1. The van der Waals surface area contributed by atoms with E-state index in [-0.39, 0.29) is 11.3 Å². The summed E-state index contributed by atoms with van der Waals surface area (Å²) in [5, 5.41) is 18.1. The molecule has 0 atom stereocenters. The second-order valence-electron chi connectivity index (χ2n) is 5.52. The maximum Gasteiger partial charge on any atom is 0.293 e. The predicted molar refractivity (Wildman–Crippen MR) is 98.1 cm³/mol. The maximum atomic E-state index is 12.2. The number of nitrogens with one attached hydrogen (secondary N) is 2. The van der Waals surface area contributed by atoms with Crippen LogP contribution in [0.4, 0.5) is 11.4 Å². The standard InChI is InChI=1S/C18H20N4O3/c1-4-19-16-10-9-15(11-17(16)22(24)25)18(23)21-20-13(3)14-7-5-12(2)6-8-14/h5-11,19H,4H2,1-3H3,(H,21,23)/b20-13-.